The summed E-state index contributed by atoms with van der Waals surface area (Å²) in [5.41, 5.74) is 2.30. The van der Waals surface area contributed by atoms with Crippen molar-refractivity contribution >= 4 is 0 Å². The number of benzene rings is 1. The zero-order valence-electron chi connectivity index (χ0n) is 21.9. The van der Waals surface area contributed by atoms with Crippen LogP contribution in [0.3, 0.4) is 0 Å². The second-order valence-electron chi connectivity index (χ2n) is 13.3. The molecule has 0 unspecified atom stereocenters. The highest BCUT2D eigenvalue weighted by atomic mass is 16.5. The molecule has 0 saturated carbocycles. The number of aliphatic hydroxyl groups excluding tert-OH is 3. The molecule has 1 aromatic carbocycles. The van der Waals surface area contributed by atoms with Crippen molar-refractivity contribution in [2.24, 2.45) is 10.8 Å². The molecule has 4 nitrogen and oxygen atoms in total. The van der Waals surface area contributed by atoms with E-state index in [9.17, 15) is 15.3 Å². The van der Waals surface area contributed by atoms with Gasteiger partial charge in [-0.05, 0) is 33.6 Å². The summed E-state index contributed by atoms with van der Waals surface area (Å²) in [6.45, 7) is 23.6. The van der Waals surface area contributed by atoms with Crippen molar-refractivity contribution in [1.82, 2.24) is 0 Å². The molecule has 0 atom stereocenters. The van der Waals surface area contributed by atoms with E-state index in [2.05, 4.69) is 88.3 Å². The molecule has 0 spiro atoms. The van der Waals surface area contributed by atoms with Gasteiger partial charge < -0.3 is 20.1 Å². The fourth-order valence-corrected chi connectivity index (χ4v) is 4.23. The van der Waals surface area contributed by atoms with Gasteiger partial charge in [-0.3, -0.25) is 0 Å². The first-order chi connectivity index (χ1) is 13.8. The van der Waals surface area contributed by atoms with Gasteiger partial charge in [0.05, 0.1) is 25.2 Å². The number of hydrogen-bond acceptors (Lipinski definition) is 4. The molecule has 0 bridgehead atoms. The summed E-state index contributed by atoms with van der Waals surface area (Å²) in [7, 11) is 0. The van der Waals surface area contributed by atoms with Gasteiger partial charge in [0, 0.05) is 11.1 Å². The monoisotopic (exact) mass is 436 g/mol. The minimum absolute atomic E-state index is 0.0121. The highest BCUT2D eigenvalue weighted by molar-refractivity contribution is 5.52. The first-order valence-corrected chi connectivity index (χ1v) is 11.5. The predicted octanol–water partition coefficient (Wildman–Crippen LogP) is 5.34. The van der Waals surface area contributed by atoms with E-state index < -0.39 is 5.41 Å². The lowest BCUT2D eigenvalue weighted by atomic mass is 9.69. The summed E-state index contributed by atoms with van der Waals surface area (Å²) in [4.78, 5) is 0. The lowest BCUT2D eigenvalue weighted by Gasteiger charge is -2.37. The summed E-state index contributed by atoms with van der Waals surface area (Å²) in [6, 6.07) is 4.55. The zero-order valence-corrected chi connectivity index (χ0v) is 21.9. The highest BCUT2D eigenvalue weighted by Crippen LogP contribution is 2.45. The number of aliphatic hydroxyl groups is 3. The van der Waals surface area contributed by atoms with Crippen molar-refractivity contribution in [3.8, 4) is 5.75 Å². The molecule has 0 amide bonds. The van der Waals surface area contributed by atoms with Crippen LogP contribution in [0.2, 0.25) is 0 Å². The molecular formula is C27H48O4. The minimum atomic E-state index is -1.07. The minimum Gasteiger partial charge on any atom is -0.492 e. The normalized spacial score (nSPS) is 14.1. The molecule has 31 heavy (non-hydrogen) atoms. The number of ether oxygens (including phenoxy) is 1. The fraction of sp³-hybridized carbons (Fsp3) is 0.778. The molecule has 4 heteroatoms. The maximum Gasteiger partial charge on any atom is 0.126 e. The average Bonchev–Trinajstić information content (AvgIpc) is 2.59. The van der Waals surface area contributed by atoms with Gasteiger partial charge in [0.1, 0.15) is 12.4 Å². The molecule has 0 aliphatic carbocycles. The second-order valence-corrected chi connectivity index (χ2v) is 13.3. The average molecular weight is 437 g/mol. The fourth-order valence-electron chi connectivity index (χ4n) is 4.23. The molecule has 0 aromatic heterocycles. The Bertz CT molecular complexity index is 680. The lowest BCUT2D eigenvalue weighted by Crippen LogP contribution is -2.40. The van der Waals surface area contributed by atoms with Crippen LogP contribution in [-0.2, 0) is 16.2 Å². The third-order valence-electron chi connectivity index (χ3n) is 5.99. The van der Waals surface area contributed by atoms with Gasteiger partial charge in [0.2, 0.25) is 0 Å². The molecule has 3 N–H and O–H groups in total. The van der Waals surface area contributed by atoms with Gasteiger partial charge in [-0.2, -0.15) is 0 Å². The summed E-state index contributed by atoms with van der Waals surface area (Å²) in [6.07, 6.45) is 1.05. The molecule has 0 aliphatic rings. The largest absolute Gasteiger partial charge is 0.492 e. The first-order valence-electron chi connectivity index (χ1n) is 11.5. The van der Waals surface area contributed by atoms with Crippen molar-refractivity contribution in [1.29, 1.82) is 0 Å². The molecular weight excluding hydrogens is 388 g/mol. The Balaban J connectivity index is 3.73. The Hall–Kier alpha value is -1.10. The quantitative estimate of drug-likeness (QED) is 0.515. The molecule has 0 radical (unpaired) electrons. The predicted molar refractivity (Wildman–Crippen MR) is 130 cm³/mol. The van der Waals surface area contributed by atoms with Gasteiger partial charge in [0.25, 0.3) is 0 Å². The third kappa shape index (κ3) is 7.20. The van der Waals surface area contributed by atoms with Crippen molar-refractivity contribution in [3.05, 3.63) is 28.8 Å². The van der Waals surface area contributed by atoms with E-state index in [0.717, 1.165) is 23.3 Å². The van der Waals surface area contributed by atoms with E-state index in [1.807, 2.05) is 0 Å². The van der Waals surface area contributed by atoms with Crippen LogP contribution in [0.25, 0.3) is 0 Å². The van der Waals surface area contributed by atoms with E-state index in [4.69, 9.17) is 4.74 Å². The Morgan fingerprint density at radius 1 is 0.677 bits per heavy atom. The molecule has 1 rings (SSSR count). The van der Waals surface area contributed by atoms with Crippen molar-refractivity contribution in [2.45, 2.75) is 98.8 Å². The van der Waals surface area contributed by atoms with Gasteiger partial charge in [-0.25, -0.2) is 0 Å². The van der Waals surface area contributed by atoms with Crippen LogP contribution in [0, 0.1) is 10.8 Å². The Morgan fingerprint density at radius 2 is 1.06 bits per heavy atom. The van der Waals surface area contributed by atoms with E-state index >= 15 is 0 Å². The molecule has 1 aromatic rings. The van der Waals surface area contributed by atoms with Crippen molar-refractivity contribution in [3.63, 3.8) is 0 Å². The summed E-state index contributed by atoms with van der Waals surface area (Å²) < 4.78 is 6.35. The van der Waals surface area contributed by atoms with Gasteiger partial charge in [-0.15, -0.1) is 0 Å². The van der Waals surface area contributed by atoms with Crippen LogP contribution >= 0.6 is 0 Å². The van der Waals surface area contributed by atoms with E-state index in [1.165, 1.54) is 5.56 Å². The second kappa shape index (κ2) is 9.41. The van der Waals surface area contributed by atoms with Crippen molar-refractivity contribution in [2.75, 3.05) is 26.4 Å². The highest BCUT2D eigenvalue weighted by Gasteiger charge is 2.35. The molecule has 0 heterocycles. The summed E-state index contributed by atoms with van der Waals surface area (Å²) in [5.74, 6) is 0.801. The summed E-state index contributed by atoms with van der Waals surface area (Å²) in [5, 5.41) is 29.3. The Labute approximate surface area is 191 Å². The standard InChI is InChI=1S/C27H48O4/c1-23(2,3)14-26(10,11)19-12-20(24(4,5)6)22(21(13-19)25(7,8)9)31-18-27(15-28,16-29)17-30/h12-13,28-30H,14-18H2,1-11H3. The first kappa shape index (κ1) is 27.9. The van der Waals surface area contributed by atoms with Crippen LogP contribution in [-0.4, -0.2) is 41.7 Å². The zero-order chi connectivity index (χ0) is 24.5. The Kier molecular flexibility index (Phi) is 8.48. The number of hydrogen-bond donors (Lipinski definition) is 3. The van der Waals surface area contributed by atoms with Gasteiger partial charge in [0.15, 0.2) is 0 Å². The molecule has 180 valence electrons. The molecule has 0 saturated heterocycles. The molecule has 0 fully saturated rings. The van der Waals surface area contributed by atoms with Crippen LogP contribution in [0.1, 0.15) is 99.3 Å². The van der Waals surface area contributed by atoms with Gasteiger partial charge in [-0.1, -0.05) is 88.3 Å². The van der Waals surface area contributed by atoms with Crippen LogP contribution in [0.5, 0.6) is 5.75 Å². The smallest absolute Gasteiger partial charge is 0.126 e. The van der Waals surface area contributed by atoms with E-state index in [-0.39, 0.29) is 48.1 Å². The van der Waals surface area contributed by atoms with Gasteiger partial charge >= 0.3 is 0 Å². The van der Waals surface area contributed by atoms with E-state index in [0.29, 0.717) is 0 Å². The maximum absolute atomic E-state index is 9.77. The third-order valence-corrected chi connectivity index (χ3v) is 5.99. The SMILES string of the molecule is CC(C)(C)CC(C)(C)c1cc(C(C)(C)C)c(OCC(CO)(CO)CO)c(C(C)(C)C)c1. The lowest BCUT2D eigenvalue weighted by molar-refractivity contribution is -0.0265. The van der Waals surface area contributed by atoms with Crippen LogP contribution in [0.4, 0.5) is 0 Å². The van der Waals surface area contributed by atoms with Crippen LogP contribution < -0.4 is 4.74 Å². The number of rotatable bonds is 8. The Morgan fingerprint density at radius 3 is 1.35 bits per heavy atom. The maximum atomic E-state index is 9.77. The van der Waals surface area contributed by atoms with Crippen molar-refractivity contribution < 1.29 is 20.1 Å². The van der Waals surface area contributed by atoms with Crippen LogP contribution in [0.15, 0.2) is 12.1 Å². The van der Waals surface area contributed by atoms with E-state index in [1.54, 1.807) is 0 Å². The summed E-state index contributed by atoms with van der Waals surface area (Å²) >= 11 is 0. The topological polar surface area (TPSA) is 69.9 Å². The molecule has 0 aliphatic heterocycles.